The van der Waals surface area contributed by atoms with Gasteiger partial charge in [-0.05, 0) is 22.3 Å². The van der Waals surface area contributed by atoms with Crippen LogP contribution in [-0.2, 0) is 0 Å². The lowest BCUT2D eigenvalue weighted by molar-refractivity contribution is 1.58. The first-order chi connectivity index (χ1) is 10.9. The Kier molecular flexibility index (Phi) is 5.95. The highest BCUT2D eigenvalue weighted by Gasteiger charge is 2.05. The number of benzene rings is 3. The minimum atomic E-state index is 1.26. The van der Waals surface area contributed by atoms with Gasteiger partial charge in [0.2, 0.25) is 0 Å². The van der Waals surface area contributed by atoms with Crippen LogP contribution in [0.4, 0.5) is 0 Å². The van der Waals surface area contributed by atoms with Crippen LogP contribution in [-0.4, -0.2) is 0 Å². The van der Waals surface area contributed by atoms with Gasteiger partial charge in [-0.1, -0.05) is 110 Å². The summed E-state index contributed by atoms with van der Waals surface area (Å²) in [6, 6.07) is 29.6. The highest BCUT2D eigenvalue weighted by molar-refractivity contribution is 5.83. The van der Waals surface area contributed by atoms with Gasteiger partial charge >= 0.3 is 0 Å². The molecule has 0 atom stereocenters. The fraction of sp³-hybridized carbons (Fsp3) is 0. The van der Waals surface area contributed by atoms with E-state index in [0.717, 1.165) is 0 Å². The van der Waals surface area contributed by atoms with Crippen LogP contribution >= 0.6 is 0 Å². The Bertz CT molecular complexity index is 645. The molecular weight excluding hydrogens is 264 g/mol. The molecule has 22 heavy (non-hydrogen) atoms. The van der Waals surface area contributed by atoms with Gasteiger partial charge in [0.15, 0.2) is 0 Å². The molecule has 3 aromatic carbocycles. The van der Waals surface area contributed by atoms with E-state index in [-0.39, 0.29) is 0 Å². The quantitative estimate of drug-likeness (QED) is 0.489. The van der Waals surface area contributed by atoms with E-state index in [4.69, 9.17) is 0 Å². The maximum absolute atomic E-state index is 3.36. The van der Waals surface area contributed by atoms with Crippen molar-refractivity contribution >= 4 is 0 Å². The molecule has 0 amide bonds. The molecule has 3 aromatic rings. The minimum Gasteiger partial charge on any atom is -0.0991 e. The summed E-state index contributed by atoms with van der Waals surface area (Å²) < 4.78 is 0. The first kappa shape index (κ1) is 15.5. The average Bonchev–Trinajstić information content (AvgIpc) is 2.63. The van der Waals surface area contributed by atoms with Gasteiger partial charge in [0.05, 0.1) is 0 Å². The van der Waals surface area contributed by atoms with Gasteiger partial charge in [0.25, 0.3) is 0 Å². The summed E-state index contributed by atoms with van der Waals surface area (Å²) in [4.78, 5) is 0. The molecule has 0 radical (unpaired) electrons. The van der Waals surface area contributed by atoms with Gasteiger partial charge in [-0.25, -0.2) is 0 Å². The fourth-order valence-corrected chi connectivity index (χ4v) is 2.22. The van der Waals surface area contributed by atoms with Crippen molar-refractivity contribution < 1.29 is 0 Å². The van der Waals surface area contributed by atoms with Crippen LogP contribution in [0.5, 0.6) is 0 Å². The molecule has 108 valence electrons. The smallest absolute Gasteiger partial charge is 0.0105 e. The summed E-state index contributed by atoms with van der Waals surface area (Å²) in [6.45, 7) is 6.72. The Morgan fingerprint density at radius 1 is 0.455 bits per heavy atom. The van der Waals surface area contributed by atoms with Crippen molar-refractivity contribution in [1.29, 1.82) is 0 Å². The SMILES string of the molecule is C=CC=C.c1ccc(-c2ccccc2-c2ccccc2)cc1. The minimum absolute atomic E-state index is 1.26. The van der Waals surface area contributed by atoms with Crippen molar-refractivity contribution in [2.75, 3.05) is 0 Å². The summed E-state index contributed by atoms with van der Waals surface area (Å²) in [7, 11) is 0. The lowest BCUT2D eigenvalue weighted by Crippen LogP contribution is -1.83. The highest BCUT2D eigenvalue weighted by Crippen LogP contribution is 2.31. The molecule has 0 bridgehead atoms. The molecule has 0 aliphatic heterocycles. The number of hydrogen-bond acceptors (Lipinski definition) is 0. The summed E-state index contributed by atoms with van der Waals surface area (Å²) in [5.41, 5.74) is 5.09. The molecule has 0 aliphatic carbocycles. The number of allylic oxidation sites excluding steroid dienone is 2. The highest BCUT2D eigenvalue weighted by atomic mass is 14.1. The van der Waals surface area contributed by atoms with Gasteiger partial charge < -0.3 is 0 Å². The van der Waals surface area contributed by atoms with Crippen LogP contribution in [0, 0.1) is 0 Å². The van der Waals surface area contributed by atoms with Gasteiger partial charge in [-0.3, -0.25) is 0 Å². The van der Waals surface area contributed by atoms with Crippen molar-refractivity contribution in [2.45, 2.75) is 0 Å². The van der Waals surface area contributed by atoms with E-state index >= 15 is 0 Å². The van der Waals surface area contributed by atoms with E-state index in [1.807, 2.05) is 0 Å². The first-order valence-electron chi connectivity index (χ1n) is 7.30. The Morgan fingerprint density at radius 2 is 0.773 bits per heavy atom. The Hall–Kier alpha value is -2.86. The predicted molar refractivity (Wildman–Crippen MR) is 97.7 cm³/mol. The van der Waals surface area contributed by atoms with Crippen LogP contribution in [0.15, 0.2) is 110 Å². The van der Waals surface area contributed by atoms with Crippen molar-refractivity contribution in [1.82, 2.24) is 0 Å². The van der Waals surface area contributed by atoms with Crippen LogP contribution < -0.4 is 0 Å². The Morgan fingerprint density at radius 3 is 1.09 bits per heavy atom. The third-order valence-corrected chi connectivity index (χ3v) is 3.26. The summed E-state index contributed by atoms with van der Waals surface area (Å²) in [5, 5.41) is 0. The molecule has 0 saturated heterocycles. The predicted octanol–water partition coefficient (Wildman–Crippen LogP) is 6.38. The zero-order valence-corrected chi connectivity index (χ0v) is 12.7. The molecule has 0 fully saturated rings. The lowest BCUT2D eigenvalue weighted by atomic mass is 9.95. The van der Waals surface area contributed by atoms with Crippen molar-refractivity contribution in [3.8, 4) is 22.3 Å². The molecule has 0 spiro atoms. The van der Waals surface area contributed by atoms with Crippen LogP contribution in [0.3, 0.4) is 0 Å². The van der Waals surface area contributed by atoms with E-state index < -0.39 is 0 Å². The Balaban J connectivity index is 0.000000396. The molecule has 0 N–H and O–H groups in total. The molecule has 0 aliphatic rings. The zero-order chi connectivity index (χ0) is 15.6. The summed E-state index contributed by atoms with van der Waals surface area (Å²) in [6.07, 6.45) is 3.28. The van der Waals surface area contributed by atoms with E-state index in [9.17, 15) is 0 Å². The van der Waals surface area contributed by atoms with Crippen LogP contribution in [0.1, 0.15) is 0 Å². The largest absolute Gasteiger partial charge is 0.0991 e. The molecule has 0 saturated carbocycles. The van der Waals surface area contributed by atoms with Gasteiger partial charge in [0, 0.05) is 0 Å². The Labute approximate surface area is 133 Å². The molecule has 3 rings (SSSR count). The fourth-order valence-electron chi connectivity index (χ4n) is 2.22. The molecule has 0 heterocycles. The number of hydrogen-bond donors (Lipinski definition) is 0. The third kappa shape index (κ3) is 4.07. The van der Waals surface area contributed by atoms with Crippen LogP contribution in [0.25, 0.3) is 22.3 Å². The second-order valence-electron chi connectivity index (χ2n) is 4.75. The lowest BCUT2D eigenvalue weighted by Gasteiger charge is -2.09. The second kappa shape index (κ2) is 8.43. The van der Waals surface area contributed by atoms with E-state index in [0.29, 0.717) is 0 Å². The van der Waals surface area contributed by atoms with Gasteiger partial charge in [-0.15, -0.1) is 0 Å². The van der Waals surface area contributed by atoms with E-state index in [1.54, 1.807) is 12.2 Å². The molecule has 0 unspecified atom stereocenters. The van der Waals surface area contributed by atoms with E-state index in [1.165, 1.54) is 22.3 Å². The zero-order valence-electron chi connectivity index (χ0n) is 12.7. The monoisotopic (exact) mass is 284 g/mol. The molecule has 0 aromatic heterocycles. The van der Waals surface area contributed by atoms with E-state index in [2.05, 4.69) is 98.1 Å². The first-order valence-corrected chi connectivity index (χ1v) is 7.30. The standard InChI is InChI=1S/C18H14.C4H6/c1-3-9-15(10-4-1)17-13-7-8-14-18(17)16-11-5-2-6-12-16;1-3-4-2/h1-14H;3-4H,1-2H2. The average molecular weight is 284 g/mol. The van der Waals surface area contributed by atoms with Crippen LogP contribution in [0.2, 0.25) is 0 Å². The van der Waals surface area contributed by atoms with Crippen molar-refractivity contribution in [2.24, 2.45) is 0 Å². The molecule has 0 nitrogen and oxygen atoms in total. The van der Waals surface area contributed by atoms with Crippen molar-refractivity contribution in [3.05, 3.63) is 110 Å². The summed E-state index contributed by atoms with van der Waals surface area (Å²) in [5.74, 6) is 0. The maximum atomic E-state index is 3.36. The van der Waals surface area contributed by atoms with Gasteiger partial charge in [0.1, 0.15) is 0 Å². The summed E-state index contributed by atoms with van der Waals surface area (Å²) >= 11 is 0. The van der Waals surface area contributed by atoms with Gasteiger partial charge in [-0.2, -0.15) is 0 Å². The molecular formula is C22H20. The topological polar surface area (TPSA) is 0 Å². The normalized spacial score (nSPS) is 9.27. The second-order valence-corrected chi connectivity index (χ2v) is 4.75. The van der Waals surface area contributed by atoms with Crippen molar-refractivity contribution in [3.63, 3.8) is 0 Å². The molecule has 0 heteroatoms. The maximum Gasteiger partial charge on any atom is -0.0105 e. The number of rotatable bonds is 3. The third-order valence-electron chi connectivity index (χ3n) is 3.26.